The highest BCUT2D eigenvalue weighted by Crippen LogP contribution is 2.17. The van der Waals surface area contributed by atoms with E-state index in [-0.39, 0.29) is 10.4 Å². The first kappa shape index (κ1) is 14.9. The van der Waals surface area contributed by atoms with Crippen molar-refractivity contribution in [1.82, 2.24) is 4.72 Å². The molecule has 0 fully saturated rings. The molecule has 3 N–H and O–H groups in total. The van der Waals surface area contributed by atoms with E-state index in [1.807, 2.05) is 13.8 Å². The Bertz CT molecular complexity index is 481. The van der Waals surface area contributed by atoms with Crippen molar-refractivity contribution < 1.29 is 13.2 Å². The Morgan fingerprint density at radius 1 is 1.33 bits per heavy atom. The molecule has 18 heavy (non-hydrogen) atoms. The van der Waals surface area contributed by atoms with Crippen molar-refractivity contribution in [3.05, 3.63) is 24.3 Å². The molecule has 0 radical (unpaired) electrons. The van der Waals surface area contributed by atoms with E-state index in [4.69, 9.17) is 10.5 Å². The largest absolute Gasteiger partial charge is 0.492 e. The van der Waals surface area contributed by atoms with Crippen LogP contribution >= 0.6 is 0 Å². The van der Waals surface area contributed by atoms with Gasteiger partial charge in [-0.15, -0.1) is 0 Å². The lowest BCUT2D eigenvalue weighted by molar-refractivity contribution is 0.226. The number of nitrogens with one attached hydrogen (secondary N) is 1. The highest BCUT2D eigenvalue weighted by atomic mass is 32.2. The SMILES string of the molecule is CCC(C)(N)COc1ccc(S(=O)(=O)NC)cc1. The van der Waals surface area contributed by atoms with Crippen LogP contribution in [0.3, 0.4) is 0 Å². The maximum atomic E-state index is 11.5. The fourth-order valence-electron chi connectivity index (χ4n) is 1.18. The standard InChI is InChI=1S/C12H20N2O3S/c1-4-12(2,13)9-17-10-5-7-11(8-6-10)18(15,16)14-3/h5-8,14H,4,9,13H2,1-3H3. The first-order valence-electron chi connectivity index (χ1n) is 5.76. The van der Waals surface area contributed by atoms with Gasteiger partial charge in [0, 0.05) is 5.54 Å². The van der Waals surface area contributed by atoms with Gasteiger partial charge >= 0.3 is 0 Å². The Morgan fingerprint density at radius 3 is 2.33 bits per heavy atom. The highest BCUT2D eigenvalue weighted by molar-refractivity contribution is 7.89. The zero-order valence-corrected chi connectivity index (χ0v) is 11.8. The van der Waals surface area contributed by atoms with Gasteiger partial charge in [-0.3, -0.25) is 0 Å². The van der Waals surface area contributed by atoms with Crippen molar-refractivity contribution in [2.24, 2.45) is 5.73 Å². The molecule has 1 aromatic rings. The Morgan fingerprint density at radius 2 is 1.89 bits per heavy atom. The van der Waals surface area contributed by atoms with Gasteiger partial charge in [0.1, 0.15) is 12.4 Å². The molecule has 0 saturated carbocycles. The normalized spacial score (nSPS) is 15.1. The van der Waals surface area contributed by atoms with Crippen molar-refractivity contribution in [2.75, 3.05) is 13.7 Å². The lowest BCUT2D eigenvalue weighted by atomic mass is 10.0. The summed E-state index contributed by atoms with van der Waals surface area (Å²) in [6, 6.07) is 6.24. The minimum Gasteiger partial charge on any atom is -0.492 e. The van der Waals surface area contributed by atoms with Crippen molar-refractivity contribution >= 4 is 10.0 Å². The number of benzene rings is 1. The van der Waals surface area contributed by atoms with E-state index in [2.05, 4.69) is 4.72 Å². The monoisotopic (exact) mass is 272 g/mol. The molecule has 5 nitrogen and oxygen atoms in total. The topological polar surface area (TPSA) is 81.4 Å². The van der Waals surface area contributed by atoms with Crippen LogP contribution in [0.25, 0.3) is 0 Å². The van der Waals surface area contributed by atoms with Crippen LogP contribution in [0.5, 0.6) is 5.75 Å². The van der Waals surface area contributed by atoms with E-state index < -0.39 is 10.0 Å². The fourth-order valence-corrected chi connectivity index (χ4v) is 1.91. The summed E-state index contributed by atoms with van der Waals surface area (Å²) < 4.78 is 30.8. The second kappa shape index (κ2) is 5.69. The van der Waals surface area contributed by atoms with E-state index in [0.29, 0.717) is 12.4 Å². The molecule has 0 aliphatic carbocycles. The lowest BCUT2D eigenvalue weighted by Gasteiger charge is -2.22. The van der Waals surface area contributed by atoms with Gasteiger partial charge in [-0.25, -0.2) is 13.1 Å². The molecule has 0 aliphatic rings. The molecule has 1 aromatic carbocycles. The number of ether oxygens (including phenoxy) is 1. The van der Waals surface area contributed by atoms with Crippen LogP contribution in [-0.2, 0) is 10.0 Å². The van der Waals surface area contributed by atoms with Crippen molar-refractivity contribution in [1.29, 1.82) is 0 Å². The van der Waals surface area contributed by atoms with Crippen LogP contribution in [0.2, 0.25) is 0 Å². The van der Waals surface area contributed by atoms with E-state index in [0.717, 1.165) is 6.42 Å². The number of nitrogens with two attached hydrogens (primary N) is 1. The smallest absolute Gasteiger partial charge is 0.240 e. The van der Waals surface area contributed by atoms with Crippen LogP contribution in [0.1, 0.15) is 20.3 Å². The molecular weight excluding hydrogens is 252 g/mol. The molecule has 1 rings (SSSR count). The van der Waals surface area contributed by atoms with Gasteiger partial charge in [-0.2, -0.15) is 0 Å². The third kappa shape index (κ3) is 3.97. The second-order valence-corrected chi connectivity index (χ2v) is 6.36. The number of rotatable bonds is 6. The average molecular weight is 272 g/mol. The van der Waals surface area contributed by atoms with Gasteiger partial charge in [0.15, 0.2) is 0 Å². The summed E-state index contributed by atoms with van der Waals surface area (Å²) in [4.78, 5) is 0.211. The van der Waals surface area contributed by atoms with Gasteiger partial charge in [0.2, 0.25) is 10.0 Å². The van der Waals surface area contributed by atoms with Gasteiger partial charge in [-0.1, -0.05) is 6.92 Å². The summed E-state index contributed by atoms with van der Waals surface area (Å²) in [5, 5.41) is 0. The molecule has 102 valence electrons. The summed E-state index contributed by atoms with van der Waals surface area (Å²) >= 11 is 0. The van der Waals surface area contributed by atoms with Crippen LogP contribution in [-0.4, -0.2) is 27.6 Å². The van der Waals surface area contributed by atoms with Crippen LogP contribution in [0.4, 0.5) is 0 Å². The summed E-state index contributed by atoms with van der Waals surface area (Å²) in [5.74, 6) is 0.607. The van der Waals surface area contributed by atoms with E-state index in [9.17, 15) is 8.42 Å². The maximum absolute atomic E-state index is 11.5. The molecule has 0 saturated heterocycles. The minimum absolute atomic E-state index is 0.211. The number of hydrogen-bond acceptors (Lipinski definition) is 4. The van der Waals surface area contributed by atoms with E-state index in [1.165, 1.54) is 19.2 Å². The summed E-state index contributed by atoms with van der Waals surface area (Å²) in [6.45, 7) is 4.29. The molecule has 0 aliphatic heterocycles. The zero-order chi connectivity index (χ0) is 13.8. The van der Waals surface area contributed by atoms with E-state index in [1.54, 1.807) is 12.1 Å². The molecule has 6 heteroatoms. The molecule has 0 aromatic heterocycles. The van der Waals surface area contributed by atoms with Crippen molar-refractivity contribution in [2.45, 2.75) is 30.7 Å². The molecule has 0 amide bonds. The van der Waals surface area contributed by atoms with E-state index >= 15 is 0 Å². The fraction of sp³-hybridized carbons (Fsp3) is 0.500. The highest BCUT2D eigenvalue weighted by Gasteiger charge is 2.17. The van der Waals surface area contributed by atoms with Gasteiger partial charge in [0.25, 0.3) is 0 Å². The minimum atomic E-state index is -3.39. The predicted octanol–water partition coefficient (Wildman–Crippen LogP) is 1.10. The molecule has 1 unspecified atom stereocenters. The lowest BCUT2D eigenvalue weighted by Crippen LogP contribution is -2.41. The number of sulfonamides is 1. The van der Waals surface area contributed by atoms with Crippen LogP contribution in [0, 0.1) is 0 Å². The zero-order valence-electron chi connectivity index (χ0n) is 10.9. The molecule has 0 bridgehead atoms. The third-order valence-electron chi connectivity index (χ3n) is 2.78. The average Bonchev–Trinajstić information content (AvgIpc) is 2.37. The van der Waals surface area contributed by atoms with Crippen LogP contribution < -0.4 is 15.2 Å². The predicted molar refractivity (Wildman–Crippen MR) is 71.1 cm³/mol. The Balaban J connectivity index is 2.73. The van der Waals surface area contributed by atoms with Crippen molar-refractivity contribution in [3.63, 3.8) is 0 Å². The van der Waals surface area contributed by atoms with Crippen molar-refractivity contribution in [3.8, 4) is 5.75 Å². The first-order chi connectivity index (χ1) is 8.30. The molecule has 1 atom stereocenters. The van der Waals surface area contributed by atoms with Gasteiger partial charge in [-0.05, 0) is 44.7 Å². The summed E-state index contributed by atoms with van der Waals surface area (Å²) in [6.07, 6.45) is 0.805. The molecule has 0 heterocycles. The third-order valence-corrected chi connectivity index (χ3v) is 4.21. The Labute approximate surface area is 108 Å². The van der Waals surface area contributed by atoms with Crippen LogP contribution in [0.15, 0.2) is 29.2 Å². The van der Waals surface area contributed by atoms with Gasteiger partial charge in [0.05, 0.1) is 4.90 Å². The number of hydrogen-bond donors (Lipinski definition) is 2. The summed E-state index contributed by atoms with van der Waals surface area (Å²) in [7, 11) is -2.02. The first-order valence-corrected chi connectivity index (χ1v) is 7.24. The van der Waals surface area contributed by atoms with Gasteiger partial charge < -0.3 is 10.5 Å². The summed E-state index contributed by atoms with van der Waals surface area (Å²) in [5.41, 5.74) is 5.57. The maximum Gasteiger partial charge on any atom is 0.240 e. The molecule has 0 spiro atoms. The Kier molecular flexibility index (Phi) is 4.72. The Hall–Kier alpha value is -1.11. The second-order valence-electron chi connectivity index (χ2n) is 4.48. The molecular formula is C12H20N2O3S. The quantitative estimate of drug-likeness (QED) is 0.812.